The maximum Gasteiger partial charge on any atom is 0.337 e. The predicted molar refractivity (Wildman–Crippen MR) is 102 cm³/mol. The Morgan fingerprint density at radius 2 is 2.04 bits per heavy atom. The van der Waals surface area contributed by atoms with Crippen molar-refractivity contribution >= 4 is 23.2 Å². The monoisotopic (exact) mass is 389 g/mol. The van der Waals surface area contributed by atoms with Crippen molar-refractivity contribution in [3.05, 3.63) is 51.5 Å². The molecule has 27 heavy (non-hydrogen) atoms. The Balaban J connectivity index is 1.60. The summed E-state index contributed by atoms with van der Waals surface area (Å²) >= 11 is 1.61. The Kier molecular flexibility index (Phi) is 6.54. The molecule has 144 valence electrons. The van der Waals surface area contributed by atoms with Crippen molar-refractivity contribution in [1.82, 2.24) is 14.8 Å². The Hall–Kier alpha value is -2.29. The zero-order valence-electron chi connectivity index (χ0n) is 15.5. The number of morpholine rings is 1. The highest BCUT2D eigenvalue weighted by molar-refractivity contribution is 7.09. The molecule has 1 aliphatic rings. The molecule has 1 aromatic heterocycles. The van der Waals surface area contributed by atoms with Gasteiger partial charge in [-0.2, -0.15) is 0 Å². The number of hydrogen-bond acceptors (Lipinski definition) is 7. The van der Waals surface area contributed by atoms with Gasteiger partial charge in [-0.05, 0) is 18.2 Å². The average molecular weight is 389 g/mol. The summed E-state index contributed by atoms with van der Waals surface area (Å²) in [5.41, 5.74) is 1.67. The molecule has 0 bridgehead atoms. The summed E-state index contributed by atoms with van der Waals surface area (Å²) in [7, 11) is 3.05. The van der Waals surface area contributed by atoms with Crippen molar-refractivity contribution in [2.24, 2.45) is 0 Å². The van der Waals surface area contributed by atoms with Gasteiger partial charge in [0.05, 0.1) is 44.7 Å². The van der Waals surface area contributed by atoms with Gasteiger partial charge in [0.1, 0.15) is 5.01 Å². The van der Waals surface area contributed by atoms with Gasteiger partial charge in [-0.3, -0.25) is 9.69 Å². The van der Waals surface area contributed by atoms with E-state index in [1.807, 2.05) is 5.38 Å². The zero-order chi connectivity index (χ0) is 19.2. The quantitative estimate of drug-likeness (QED) is 0.704. The van der Waals surface area contributed by atoms with Gasteiger partial charge in [-0.1, -0.05) is 6.07 Å². The molecule has 0 atom stereocenters. The lowest BCUT2D eigenvalue weighted by atomic mass is 10.1. The molecule has 1 saturated heterocycles. The summed E-state index contributed by atoms with van der Waals surface area (Å²) in [6, 6.07) is 6.54. The Bertz CT molecular complexity index is 802. The minimum atomic E-state index is -0.459. The number of thiazole rings is 1. The van der Waals surface area contributed by atoms with E-state index in [-0.39, 0.29) is 5.91 Å². The summed E-state index contributed by atoms with van der Waals surface area (Å²) in [6.45, 7) is 4.60. The largest absolute Gasteiger partial charge is 0.465 e. The van der Waals surface area contributed by atoms with Crippen molar-refractivity contribution in [3.8, 4) is 0 Å². The van der Waals surface area contributed by atoms with Gasteiger partial charge in [0.25, 0.3) is 5.91 Å². The van der Waals surface area contributed by atoms with E-state index in [4.69, 9.17) is 9.47 Å². The van der Waals surface area contributed by atoms with Crippen LogP contribution in [0.1, 0.15) is 31.4 Å². The molecule has 8 heteroatoms. The van der Waals surface area contributed by atoms with Crippen LogP contribution < -0.4 is 0 Å². The molecule has 0 saturated carbocycles. The predicted octanol–water partition coefficient (Wildman–Crippen LogP) is 2.03. The minimum absolute atomic E-state index is 0.163. The first-order valence-electron chi connectivity index (χ1n) is 8.74. The Morgan fingerprint density at radius 1 is 1.30 bits per heavy atom. The van der Waals surface area contributed by atoms with Crippen LogP contribution in [0.15, 0.2) is 29.6 Å². The zero-order valence-corrected chi connectivity index (χ0v) is 16.3. The van der Waals surface area contributed by atoms with E-state index in [2.05, 4.69) is 9.88 Å². The smallest absolute Gasteiger partial charge is 0.337 e. The van der Waals surface area contributed by atoms with Crippen LogP contribution in [0.2, 0.25) is 0 Å². The summed E-state index contributed by atoms with van der Waals surface area (Å²) in [6.07, 6.45) is 0. The van der Waals surface area contributed by atoms with Crippen LogP contribution in [0.4, 0.5) is 0 Å². The number of benzene rings is 1. The Labute approximate surface area is 162 Å². The number of carbonyl (C=O) groups excluding carboxylic acids is 2. The van der Waals surface area contributed by atoms with Crippen LogP contribution >= 0.6 is 11.3 Å². The van der Waals surface area contributed by atoms with Gasteiger partial charge in [0.2, 0.25) is 0 Å². The third kappa shape index (κ3) is 5.12. The van der Waals surface area contributed by atoms with E-state index in [1.54, 1.807) is 47.5 Å². The lowest BCUT2D eigenvalue weighted by Gasteiger charge is -2.25. The number of nitrogens with zero attached hydrogens (tertiary/aromatic N) is 3. The first kappa shape index (κ1) is 19.5. The molecule has 2 heterocycles. The number of hydrogen-bond donors (Lipinski definition) is 0. The second-order valence-electron chi connectivity index (χ2n) is 6.35. The fourth-order valence-electron chi connectivity index (χ4n) is 2.88. The highest BCUT2D eigenvalue weighted by Crippen LogP contribution is 2.16. The van der Waals surface area contributed by atoms with Crippen LogP contribution in [-0.2, 0) is 22.6 Å². The molecule has 7 nitrogen and oxygen atoms in total. The molecule has 0 N–H and O–H groups in total. The van der Waals surface area contributed by atoms with E-state index in [1.165, 1.54) is 7.11 Å². The second-order valence-corrected chi connectivity index (χ2v) is 7.30. The highest BCUT2D eigenvalue weighted by atomic mass is 32.1. The number of esters is 1. The van der Waals surface area contributed by atoms with E-state index in [0.29, 0.717) is 17.7 Å². The van der Waals surface area contributed by atoms with Crippen molar-refractivity contribution in [2.75, 3.05) is 40.5 Å². The lowest BCUT2D eigenvalue weighted by Crippen LogP contribution is -2.35. The fraction of sp³-hybridized carbons (Fsp3) is 0.421. The maximum absolute atomic E-state index is 12.7. The third-order valence-corrected chi connectivity index (χ3v) is 5.22. The van der Waals surface area contributed by atoms with E-state index in [0.717, 1.165) is 43.5 Å². The summed E-state index contributed by atoms with van der Waals surface area (Å²) in [4.78, 5) is 32.9. The first-order chi connectivity index (χ1) is 13.1. The molecule has 0 aliphatic carbocycles. The number of rotatable bonds is 6. The van der Waals surface area contributed by atoms with Gasteiger partial charge in [0.15, 0.2) is 0 Å². The van der Waals surface area contributed by atoms with Gasteiger partial charge < -0.3 is 14.4 Å². The lowest BCUT2D eigenvalue weighted by molar-refractivity contribution is 0.0341. The van der Waals surface area contributed by atoms with E-state index in [9.17, 15) is 9.59 Å². The number of amides is 1. The molecular weight excluding hydrogens is 366 g/mol. The molecule has 0 unspecified atom stereocenters. The fourth-order valence-corrected chi connectivity index (χ4v) is 3.70. The standard InChI is InChI=1S/C19H23N3O4S/c1-21(18(23)14-4-3-5-15(10-14)19(24)25-2)11-16-13-27-17(20-16)12-22-6-8-26-9-7-22/h3-5,10,13H,6-9,11-12H2,1-2H3. The van der Waals surface area contributed by atoms with Gasteiger partial charge in [0, 0.05) is 31.1 Å². The maximum atomic E-state index is 12.7. The molecule has 1 aromatic carbocycles. The van der Waals surface area contributed by atoms with Gasteiger partial charge in [-0.15, -0.1) is 11.3 Å². The van der Waals surface area contributed by atoms with Gasteiger partial charge in [-0.25, -0.2) is 9.78 Å². The van der Waals surface area contributed by atoms with Crippen LogP contribution in [0.5, 0.6) is 0 Å². The van der Waals surface area contributed by atoms with Crippen molar-refractivity contribution in [2.45, 2.75) is 13.1 Å². The summed E-state index contributed by atoms with van der Waals surface area (Å²) in [5.74, 6) is -0.622. The van der Waals surface area contributed by atoms with Crippen LogP contribution in [-0.4, -0.2) is 67.1 Å². The first-order valence-corrected chi connectivity index (χ1v) is 9.62. The number of methoxy groups -OCH3 is 1. The summed E-state index contributed by atoms with van der Waals surface area (Å²) < 4.78 is 10.1. The second kappa shape index (κ2) is 9.07. The molecule has 1 aliphatic heterocycles. The number of aromatic nitrogens is 1. The average Bonchev–Trinajstić information content (AvgIpc) is 3.14. The van der Waals surface area contributed by atoms with Gasteiger partial charge >= 0.3 is 5.97 Å². The third-order valence-electron chi connectivity index (χ3n) is 4.34. The van der Waals surface area contributed by atoms with E-state index < -0.39 is 5.97 Å². The molecule has 2 aromatic rings. The molecule has 1 amide bonds. The topological polar surface area (TPSA) is 72.0 Å². The molecule has 0 radical (unpaired) electrons. The molecular formula is C19H23N3O4S. The summed E-state index contributed by atoms with van der Waals surface area (Å²) in [5, 5.41) is 3.03. The minimum Gasteiger partial charge on any atom is -0.465 e. The SMILES string of the molecule is COC(=O)c1cccc(C(=O)N(C)Cc2csc(CN3CCOCC3)n2)c1. The van der Waals surface area contributed by atoms with Crippen LogP contribution in [0.25, 0.3) is 0 Å². The molecule has 0 spiro atoms. The molecule has 3 rings (SSSR count). The number of ether oxygens (including phenoxy) is 2. The van der Waals surface area contributed by atoms with Crippen LogP contribution in [0.3, 0.4) is 0 Å². The Morgan fingerprint density at radius 3 is 2.78 bits per heavy atom. The van der Waals surface area contributed by atoms with Crippen molar-refractivity contribution in [3.63, 3.8) is 0 Å². The highest BCUT2D eigenvalue weighted by Gasteiger charge is 2.17. The normalized spacial score (nSPS) is 14.7. The van der Waals surface area contributed by atoms with Crippen molar-refractivity contribution in [1.29, 1.82) is 0 Å². The van der Waals surface area contributed by atoms with E-state index >= 15 is 0 Å². The van der Waals surface area contributed by atoms with Crippen LogP contribution in [0, 0.1) is 0 Å². The number of carbonyl (C=O) groups is 2. The molecule has 1 fully saturated rings. The van der Waals surface area contributed by atoms with Crippen molar-refractivity contribution < 1.29 is 19.1 Å².